The molecule has 4 aromatic carbocycles. The molecule has 3 nitrogen and oxygen atoms in total. The lowest BCUT2D eigenvalue weighted by molar-refractivity contribution is -0.433. The van der Waals surface area contributed by atoms with Gasteiger partial charge < -0.3 is 5.21 Å². The first-order valence-corrected chi connectivity index (χ1v) is 7.47. The normalized spacial score (nSPS) is 11.9. The van der Waals surface area contributed by atoms with E-state index in [1.54, 1.807) is 6.07 Å². The summed E-state index contributed by atoms with van der Waals surface area (Å²) in [5, 5.41) is 20.9. The van der Waals surface area contributed by atoms with E-state index in [1.165, 1.54) is 0 Å². The number of benzene rings is 4. The van der Waals surface area contributed by atoms with Crippen LogP contribution in [-0.4, -0.2) is 4.86 Å². The topological polar surface area (TPSA) is 38.4 Å². The zero-order valence-corrected chi connectivity index (χ0v) is 12.4. The van der Waals surface area contributed by atoms with Crippen LogP contribution in [0.5, 0.6) is 0 Å². The van der Waals surface area contributed by atoms with Gasteiger partial charge in [0.05, 0.1) is 5.39 Å². The van der Waals surface area contributed by atoms with Gasteiger partial charge in [-0.3, -0.25) is 0 Å². The van der Waals surface area contributed by atoms with E-state index in [4.69, 9.17) is 0 Å². The largest absolute Gasteiger partial charge is 0.594 e. The Morgan fingerprint density at radius 3 is 1.96 bits per heavy atom. The summed E-state index contributed by atoms with van der Waals surface area (Å²) in [6.45, 7) is 0. The van der Waals surface area contributed by atoms with Crippen LogP contribution in [0.2, 0.25) is 0 Å². The van der Waals surface area contributed by atoms with Gasteiger partial charge in [-0.05, 0) is 27.8 Å². The zero-order valence-electron chi connectivity index (χ0n) is 12.4. The molecule has 0 saturated heterocycles. The molecule has 0 aliphatic rings. The van der Waals surface area contributed by atoms with Crippen molar-refractivity contribution in [3.05, 3.63) is 90.1 Å². The predicted octanol–water partition coefficient (Wildman–Crippen LogP) is 5.92. The molecular formula is C20H14N2O. The Balaban J connectivity index is 1.90. The molecule has 0 heterocycles. The third kappa shape index (κ3) is 2.42. The standard InChI is InChI=1S/C20H14N2O/c23-22(20-14-6-10-16-8-2-4-12-18(16)20)21-19-13-5-9-15-7-1-3-11-17(15)19/h1-14H. The van der Waals surface area contributed by atoms with Gasteiger partial charge in [0.25, 0.3) is 5.69 Å². The molecule has 0 unspecified atom stereocenters. The first kappa shape index (κ1) is 13.5. The molecule has 0 bridgehead atoms. The van der Waals surface area contributed by atoms with Crippen LogP contribution in [-0.2, 0) is 0 Å². The maximum Gasteiger partial charge on any atom is 0.252 e. The van der Waals surface area contributed by atoms with Crippen LogP contribution in [0.3, 0.4) is 0 Å². The fraction of sp³-hybridized carbons (Fsp3) is 0. The van der Waals surface area contributed by atoms with Crippen molar-refractivity contribution in [3.8, 4) is 0 Å². The van der Waals surface area contributed by atoms with E-state index in [9.17, 15) is 5.21 Å². The third-order valence-corrected chi connectivity index (χ3v) is 3.94. The van der Waals surface area contributed by atoms with E-state index in [2.05, 4.69) is 5.11 Å². The molecule has 23 heavy (non-hydrogen) atoms. The van der Waals surface area contributed by atoms with Crippen LogP contribution >= 0.6 is 0 Å². The van der Waals surface area contributed by atoms with Crippen LogP contribution in [0.1, 0.15) is 0 Å². The summed E-state index contributed by atoms with van der Waals surface area (Å²) in [5.74, 6) is 0. The fourth-order valence-electron chi connectivity index (χ4n) is 2.82. The van der Waals surface area contributed by atoms with Crippen molar-refractivity contribution in [1.82, 2.24) is 0 Å². The zero-order chi connectivity index (χ0) is 15.6. The van der Waals surface area contributed by atoms with Crippen molar-refractivity contribution in [2.75, 3.05) is 0 Å². The molecule has 4 rings (SSSR count). The van der Waals surface area contributed by atoms with Gasteiger partial charge >= 0.3 is 0 Å². The van der Waals surface area contributed by atoms with Crippen LogP contribution < -0.4 is 0 Å². The number of azo groups is 1. The minimum absolute atomic E-state index is 0.552. The van der Waals surface area contributed by atoms with E-state index in [0.717, 1.165) is 21.5 Å². The Hall–Kier alpha value is -3.20. The summed E-state index contributed by atoms with van der Waals surface area (Å²) in [4.78, 5) is 0.712. The highest BCUT2D eigenvalue weighted by Gasteiger charge is 2.10. The maximum atomic E-state index is 12.6. The van der Waals surface area contributed by atoms with E-state index in [1.807, 2.05) is 78.9 Å². The number of hydrogen-bond acceptors (Lipinski definition) is 2. The van der Waals surface area contributed by atoms with Gasteiger partial charge in [-0.25, -0.2) is 0 Å². The fourth-order valence-corrected chi connectivity index (χ4v) is 2.82. The molecule has 0 spiro atoms. The second-order valence-electron chi connectivity index (χ2n) is 5.37. The van der Waals surface area contributed by atoms with Gasteiger partial charge in [0, 0.05) is 16.6 Å². The summed E-state index contributed by atoms with van der Waals surface area (Å²) in [7, 11) is 0. The minimum Gasteiger partial charge on any atom is -0.594 e. The Morgan fingerprint density at radius 2 is 1.17 bits per heavy atom. The second-order valence-corrected chi connectivity index (χ2v) is 5.37. The van der Waals surface area contributed by atoms with E-state index < -0.39 is 0 Å². The molecule has 0 aliphatic carbocycles. The van der Waals surface area contributed by atoms with Crippen LogP contribution in [0, 0.1) is 5.21 Å². The predicted molar refractivity (Wildman–Crippen MR) is 93.3 cm³/mol. The van der Waals surface area contributed by atoms with Crippen LogP contribution in [0.25, 0.3) is 21.5 Å². The Kier molecular flexibility index (Phi) is 3.24. The summed E-state index contributed by atoms with van der Waals surface area (Å²) in [6.07, 6.45) is 0. The molecule has 0 atom stereocenters. The molecule has 4 aromatic rings. The molecule has 0 N–H and O–H groups in total. The van der Waals surface area contributed by atoms with Crippen molar-refractivity contribution < 1.29 is 4.86 Å². The third-order valence-electron chi connectivity index (χ3n) is 3.94. The molecule has 0 aliphatic heterocycles. The maximum absolute atomic E-state index is 12.6. The average molecular weight is 298 g/mol. The molecular weight excluding hydrogens is 284 g/mol. The molecule has 0 radical (unpaired) electrons. The lowest BCUT2D eigenvalue weighted by Crippen LogP contribution is -1.92. The molecule has 110 valence electrons. The highest BCUT2D eigenvalue weighted by atomic mass is 16.5. The highest BCUT2D eigenvalue weighted by Crippen LogP contribution is 2.30. The van der Waals surface area contributed by atoms with Gasteiger partial charge in [-0.15, -0.1) is 0 Å². The number of fused-ring (bicyclic) bond motifs is 2. The van der Waals surface area contributed by atoms with Crippen molar-refractivity contribution in [2.24, 2.45) is 5.11 Å². The molecule has 0 saturated carbocycles. The monoisotopic (exact) mass is 298 g/mol. The summed E-state index contributed by atoms with van der Waals surface area (Å²) in [5.41, 5.74) is 1.22. The van der Waals surface area contributed by atoms with Crippen LogP contribution in [0.4, 0.5) is 11.4 Å². The van der Waals surface area contributed by atoms with Gasteiger partial charge in [0.15, 0.2) is 0 Å². The Labute approximate surface area is 133 Å². The highest BCUT2D eigenvalue weighted by molar-refractivity contribution is 5.92. The number of rotatable bonds is 2. The quantitative estimate of drug-likeness (QED) is 0.257. The summed E-state index contributed by atoms with van der Waals surface area (Å²) >= 11 is 0. The number of hydrogen-bond donors (Lipinski definition) is 0. The molecule has 0 aromatic heterocycles. The first-order valence-electron chi connectivity index (χ1n) is 7.47. The molecule has 0 amide bonds. The van der Waals surface area contributed by atoms with E-state index in [0.29, 0.717) is 16.2 Å². The smallest absolute Gasteiger partial charge is 0.252 e. The van der Waals surface area contributed by atoms with Crippen molar-refractivity contribution in [2.45, 2.75) is 0 Å². The molecule has 0 fully saturated rings. The summed E-state index contributed by atoms with van der Waals surface area (Å²) < 4.78 is 0. The van der Waals surface area contributed by atoms with Gasteiger partial charge in [0.2, 0.25) is 0 Å². The van der Waals surface area contributed by atoms with Crippen LogP contribution in [0.15, 0.2) is 90.0 Å². The van der Waals surface area contributed by atoms with E-state index in [-0.39, 0.29) is 0 Å². The average Bonchev–Trinajstić information content (AvgIpc) is 2.61. The first-order chi connectivity index (χ1) is 11.3. The Bertz CT molecular complexity index is 1030. The van der Waals surface area contributed by atoms with Crippen molar-refractivity contribution in [1.29, 1.82) is 0 Å². The SMILES string of the molecule is [O-][N+](=Nc1cccc2ccccc12)c1cccc2ccccc12. The lowest BCUT2D eigenvalue weighted by atomic mass is 10.1. The lowest BCUT2D eigenvalue weighted by Gasteiger charge is -2.05. The Morgan fingerprint density at radius 1 is 0.609 bits per heavy atom. The van der Waals surface area contributed by atoms with Gasteiger partial charge in [-0.1, -0.05) is 66.7 Å². The van der Waals surface area contributed by atoms with Gasteiger partial charge in [-0.2, -0.15) is 0 Å². The van der Waals surface area contributed by atoms with E-state index >= 15 is 0 Å². The molecule has 3 heteroatoms. The minimum atomic E-state index is 0.552. The number of nitrogens with zero attached hydrogens (tertiary/aromatic N) is 2. The van der Waals surface area contributed by atoms with Crippen molar-refractivity contribution >= 4 is 32.9 Å². The van der Waals surface area contributed by atoms with Gasteiger partial charge in [0.1, 0.15) is 5.69 Å². The van der Waals surface area contributed by atoms with Crippen molar-refractivity contribution in [3.63, 3.8) is 0 Å². The summed E-state index contributed by atoms with van der Waals surface area (Å²) in [6, 6.07) is 27.2. The second kappa shape index (κ2) is 5.54.